The molecule has 2 nitrogen and oxygen atoms in total. The summed E-state index contributed by atoms with van der Waals surface area (Å²) in [7, 11) is 0. The Morgan fingerprint density at radius 2 is 1.79 bits per heavy atom. The third-order valence-electron chi connectivity index (χ3n) is 3.20. The highest BCUT2D eigenvalue weighted by molar-refractivity contribution is 5.95. The van der Waals surface area contributed by atoms with Crippen LogP contribution in [0, 0.1) is 6.92 Å². The first-order valence-electron chi connectivity index (χ1n) is 6.50. The summed E-state index contributed by atoms with van der Waals surface area (Å²) in [6.07, 6.45) is 1.43. The highest BCUT2D eigenvalue weighted by Gasteiger charge is 2.22. The van der Waals surface area contributed by atoms with E-state index in [1.807, 2.05) is 58.0 Å². The Kier molecular flexibility index (Phi) is 3.74. The average Bonchev–Trinajstić information content (AvgIpc) is 2.45. The lowest BCUT2D eigenvalue weighted by Gasteiger charge is -2.24. The molecule has 0 bridgehead atoms. The van der Waals surface area contributed by atoms with Crippen molar-refractivity contribution in [3.63, 3.8) is 0 Å². The lowest BCUT2D eigenvalue weighted by atomic mass is 9.95. The molecule has 0 amide bonds. The summed E-state index contributed by atoms with van der Waals surface area (Å²) in [6.45, 7) is 7.83. The monoisotopic (exact) mass is 259 g/mol. The van der Waals surface area contributed by atoms with Gasteiger partial charge in [-0.05, 0) is 47.1 Å². The smallest absolute Gasteiger partial charge is 0.126 e. The largest absolute Gasteiger partial charge is 0.357 e. The first-order chi connectivity index (χ1) is 9.18. The van der Waals surface area contributed by atoms with Crippen LogP contribution in [0.5, 0.6) is 0 Å². The van der Waals surface area contributed by atoms with Gasteiger partial charge in [-0.15, -0.1) is 0 Å². The molecule has 3 rings (SSSR count). The number of halogens is 1. The summed E-state index contributed by atoms with van der Waals surface area (Å²) in [5, 5.41) is 2.50. The number of hydrogen-bond donors (Lipinski definition) is 0. The molecule has 0 saturated heterocycles. The summed E-state index contributed by atoms with van der Waals surface area (Å²) in [5.74, 6) is 0. The molecule has 0 atom stereocenters. The van der Waals surface area contributed by atoms with Gasteiger partial charge in [-0.25, -0.2) is 0 Å². The van der Waals surface area contributed by atoms with E-state index in [1.54, 1.807) is 0 Å². The second-order valence-corrected chi connectivity index (χ2v) is 4.27. The highest BCUT2D eigenvalue weighted by Crippen LogP contribution is 2.39. The van der Waals surface area contributed by atoms with Crippen molar-refractivity contribution < 1.29 is 9.32 Å². The number of benzene rings is 2. The Balaban J connectivity index is 0.000000637. The SMILES string of the molecule is CC.CC1=CON(F)c2c1cc1ccccc1c2C. The predicted octanol–water partition coefficient (Wildman–Crippen LogP) is 5.17. The van der Waals surface area contributed by atoms with Gasteiger partial charge in [-0.2, -0.15) is 0 Å². The van der Waals surface area contributed by atoms with Gasteiger partial charge < -0.3 is 4.84 Å². The Morgan fingerprint density at radius 1 is 1.11 bits per heavy atom. The van der Waals surface area contributed by atoms with E-state index in [0.29, 0.717) is 11.0 Å². The molecule has 0 radical (unpaired) electrons. The van der Waals surface area contributed by atoms with Crippen molar-refractivity contribution in [2.45, 2.75) is 27.7 Å². The van der Waals surface area contributed by atoms with Crippen molar-refractivity contribution in [1.82, 2.24) is 0 Å². The molecular formula is C16H18FNO. The van der Waals surface area contributed by atoms with E-state index in [0.717, 1.165) is 27.5 Å². The van der Waals surface area contributed by atoms with E-state index in [4.69, 9.17) is 4.84 Å². The summed E-state index contributed by atoms with van der Waals surface area (Å²) in [4.78, 5) is 4.85. The van der Waals surface area contributed by atoms with Crippen molar-refractivity contribution in [3.8, 4) is 0 Å². The van der Waals surface area contributed by atoms with E-state index < -0.39 is 0 Å². The number of allylic oxidation sites excluding steroid dienone is 1. The number of fused-ring (bicyclic) bond motifs is 2. The van der Waals surface area contributed by atoms with Gasteiger partial charge in [0.1, 0.15) is 11.9 Å². The molecule has 0 aliphatic carbocycles. The average molecular weight is 259 g/mol. The zero-order chi connectivity index (χ0) is 14.0. The van der Waals surface area contributed by atoms with E-state index in [2.05, 4.69) is 0 Å². The van der Waals surface area contributed by atoms with Crippen molar-refractivity contribution in [3.05, 3.63) is 47.7 Å². The van der Waals surface area contributed by atoms with Gasteiger partial charge in [0, 0.05) is 5.56 Å². The highest BCUT2D eigenvalue weighted by atomic mass is 19.2. The quantitative estimate of drug-likeness (QED) is 0.605. The van der Waals surface area contributed by atoms with E-state index in [9.17, 15) is 4.48 Å². The van der Waals surface area contributed by atoms with Crippen LogP contribution in [0.2, 0.25) is 0 Å². The fraction of sp³-hybridized carbons (Fsp3) is 0.250. The standard InChI is InChI=1S/C14H12FNO.C2H6/c1-9-8-17-16(15)14-10(2)12-6-4-3-5-11(12)7-13(9)14;1-2/h3-8H,1-2H3;1-2H3. The Morgan fingerprint density at radius 3 is 2.53 bits per heavy atom. The molecule has 0 N–H and O–H groups in total. The van der Waals surface area contributed by atoms with Crippen LogP contribution >= 0.6 is 0 Å². The number of hydrogen-bond acceptors (Lipinski definition) is 2. The summed E-state index contributed by atoms with van der Waals surface area (Å²) < 4.78 is 13.7. The second kappa shape index (κ2) is 5.31. The maximum absolute atomic E-state index is 13.7. The molecule has 2 aromatic rings. The minimum Gasteiger partial charge on any atom is -0.357 e. The minimum absolute atomic E-state index is 0.337. The molecule has 1 aliphatic heterocycles. The molecule has 1 heterocycles. The molecular weight excluding hydrogens is 241 g/mol. The fourth-order valence-electron chi connectivity index (χ4n) is 2.29. The van der Waals surface area contributed by atoms with Crippen LogP contribution in [0.1, 0.15) is 31.9 Å². The van der Waals surface area contributed by atoms with E-state index >= 15 is 0 Å². The molecule has 2 aromatic carbocycles. The number of nitrogens with zero attached hydrogens (tertiary/aromatic N) is 1. The molecule has 3 heteroatoms. The van der Waals surface area contributed by atoms with Gasteiger partial charge in [-0.3, -0.25) is 0 Å². The summed E-state index contributed by atoms with van der Waals surface area (Å²) in [5.41, 5.74) is 3.22. The van der Waals surface area contributed by atoms with Gasteiger partial charge in [0.2, 0.25) is 0 Å². The third kappa shape index (κ3) is 2.16. The maximum atomic E-state index is 13.7. The Bertz CT molecular complexity index is 634. The van der Waals surface area contributed by atoms with Crippen LogP contribution in [0.3, 0.4) is 0 Å². The Hall–Kier alpha value is -2.03. The molecule has 100 valence electrons. The third-order valence-corrected chi connectivity index (χ3v) is 3.20. The zero-order valence-corrected chi connectivity index (χ0v) is 11.7. The van der Waals surface area contributed by atoms with Crippen molar-refractivity contribution in [2.24, 2.45) is 0 Å². The molecule has 0 saturated carbocycles. The maximum Gasteiger partial charge on any atom is 0.126 e. The predicted molar refractivity (Wildman–Crippen MR) is 78.4 cm³/mol. The van der Waals surface area contributed by atoms with Crippen LogP contribution in [0.25, 0.3) is 16.3 Å². The number of anilines is 1. The van der Waals surface area contributed by atoms with Crippen LogP contribution in [0.4, 0.5) is 10.2 Å². The van der Waals surface area contributed by atoms with Crippen molar-refractivity contribution in [1.29, 1.82) is 0 Å². The van der Waals surface area contributed by atoms with Crippen LogP contribution < -0.4 is 5.29 Å². The van der Waals surface area contributed by atoms with Crippen LogP contribution in [-0.2, 0) is 4.84 Å². The topological polar surface area (TPSA) is 12.5 Å². The fourth-order valence-corrected chi connectivity index (χ4v) is 2.29. The first kappa shape index (κ1) is 13.4. The minimum atomic E-state index is 0.337. The van der Waals surface area contributed by atoms with Crippen molar-refractivity contribution >= 4 is 22.0 Å². The molecule has 0 fully saturated rings. The molecule has 19 heavy (non-hydrogen) atoms. The van der Waals surface area contributed by atoms with Crippen LogP contribution in [-0.4, -0.2) is 0 Å². The van der Waals surface area contributed by atoms with Crippen LogP contribution in [0.15, 0.2) is 36.6 Å². The zero-order valence-electron chi connectivity index (χ0n) is 11.7. The second-order valence-electron chi connectivity index (χ2n) is 4.27. The number of aryl methyl sites for hydroxylation is 1. The summed E-state index contributed by atoms with van der Waals surface area (Å²) >= 11 is 0. The van der Waals surface area contributed by atoms with Gasteiger partial charge >= 0.3 is 0 Å². The molecule has 1 aliphatic rings. The van der Waals surface area contributed by atoms with E-state index in [1.165, 1.54) is 6.26 Å². The molecule has 0 unspecified atom stereocenters. The van der Waals surface area contributed by atoms with Crippen molar-refractivity contribution in [2.75, 3.05) is 5.29 Å². The number of rotatable bonds is 0. The van der Waals surface area contributed by atoms with Gasteiger partial charge in [0.15, 0.2) is 0 Å². The molecule has 0 spiro atoms. The van der Waals surface area contributed by atoms with Gasteiger partial charge in [-0.1, -0.05) is 42.6 Å². The van der Waals surface area contributed by atoms with E-state index in [-0.39, 0.29) is 0 Å². The molecule has 0 aromatic heterocycles. The normalized spacial score (nSPS) is 13.1. The van der Waals surface area contributed by atoms with Gasteiger partial charge in [0.25, 0.3) is 0 Å². The lowest BCUT2D eigenvalue weighted by Crippen LogP contribution is -2.16. The lowest BCUT2D eigenvalue weighted by molar-refractivity contribution is 0.0909. The van der Waals surface area contributed by atoms with Gasteiger partial charge in [0.05, 0.1) is 0 Å². The summed E-state index contributed by atoms with van der Waals surface area (Å²) in [6, 6.07) is 9.97. The first-order valence-corrected chi connectivity index (χ1v) is 6.50. The Labute approximate surface area is 113 Å².